The van der Waals surface area contributed by atoms with E-state index < -0.39 is 0 Å². The van der Waals surface area contributed by atoms with E-state index in [0.717, 1.165) is 50.5 Å². The minimum absolute atomic E-state index is 0.877. The molecule has 0 unspecified atom stereocenters. The molecule has 0 atom stereocenters. The second-order valence-corrected chi connectivity index (χ2v) is 9.80. The van der Waals surface area contributed by atoms with Crippen molar-refractivity contribution in [1.29, 1.82) is 0 Å². The van der Waals surface area contributed by atoms with E-state index in [1.54, 1.807) is 0 Å². The van der Waals surface area contributed by atoms with Gasteiger partial charge in [-0.25, -0.2) is 0 Å². The summed E-state index contributed by atoms with van der Waals surface area (Å²) in [4.78, 5) is 2.29. The van der Waals surface area contributed by atoms with Crippen LogP contribution in [0, 0.1) is 0 Å². The van der Waals surface area contributed by atoms with Crippen molar-refractivity contribution < 1.29 is 4.42 Å². The van der Waals surface area contributed by atoms with Gasteiger partial charge in [0.05, 0.1) is 0 Å². The first-order valence-electron chi connectivity index (χ1n) is 13.5. The van der Waals surface area contributed by atoms with Gasteiger partial charge in [0, 0.05) is 33.6 Å². The van der Waals surface area contributed by atoms with E-state index in [-0.39, 0.29) is 0 Å². The number of hydrogen-bond donors (Lipinski definition) is 0. The minimum atomic E-state index is 0.877. The Hall–Kier alpha value is -5.34. The van der Waals surface area contributed by atoms with Gasteiger partial charge in [-0.05, 0) is 59.2 Å². The zero-order chi connectivity index (χ0) is 26.7. The lowest BCUT2D eigenvalue weighted by Crippen LogP contribution is -2.09. The van der Waals surface area contributed by atoms with Crippen LogP contribution in [0.1, 0.15) is 0 Å². The highest BCUT2D eigenvalue weighted by Gasteiger charge is 2.19. The van der Waals surface area contributed by atoms with Gasteiger partial charge in [-0.2, -0.15) is 0 Å². The first-order chi connectivity index (χ1) is 19.8. The molecule has 0 saturated heterocycles. The summed E-state index contributed by atoms with van der Waals surface area (Å²) in [6.45, 7) is 0. The van der Waals surface area contributed by atoms with Gasteiger partial charge in [-0.1, -0.05) is 121 Å². The number of nitrogens with zero attached hydrogens (tertiary/aromatic N) is 1. The maximum absolute atomic E-state index is 6.53. The first kappa shape index (κ1) is 23.8. The molecule has 2 nitrogen and oxygen atoms in total. The molecule has 7 rings (SSSR count). The zero-order valence-corrected chi connectivity index (χ0v) is 21.9. The van der Waals surface area contributed by atoms with Crippen LogP contribution in [0.2, 0.25) is 0 Å². The SMILES string of the molecule is c1ccc(-c2ccc(N(c3ccccc3)c3cccc(-c4oc5ccccc5c4-c4ccccc4)c3)cc2)cc1. The second-order valence-electron chi connectivity index (χ2n) is 9.80. The molecule has 6 aromatic carbocycles. The van der Waals surface area contributed by atoms with Crippen LogP contribution < -0.4 is 4.90 Å². The van der Waals surface area contributed by atoms with E-state index in [1.807, 2.05) is 24.3 Å². The smallest absolute Gasteiger partial charge is 0.143 e. The summed E-state index contributed by atoms with van der Waals surface area (Å²) >= 11 is 0. The van der Waals surface area contributed by atoms with Crippen molar-refractivity contribution in [3.05, 3.63) is 164 Å². The molecule has 0 fully saturated rings. The lowest BCUT2D eigenvalue weighted by molar-refractivity contribution is 0.632. The molecule has 0 saturated carbocycles. The molecular formula is C38H27NO. The first-order valence-corrected chi connectivity index (χ1v) is 13.5. The van der Waals surface area contributed by atoms with E-state index in [0.29, 0.717) is 0 Å². The van der Waals surface area contributed by atoms with Gasteiger partial charge in [0.25, 0.3) is 0 Å². The Morgan fingerprint density at radius 3 is 1.62 bits per heavy atom. The lowest BCUT2D eigenvalue weighted by Gasteiger charge is -2.26. The third-order valence-electron chi connectivity index (χ3n) is 7.27. The second kappa shape index (κ2) is 10.4. The Morgan fingerprint density at radius 2 is 0.900 bits per heavy atom. The molecule has 190 valence electrons. The number of rotatable bonds is 6. The number of fused-ring (bicyclic) bond motifs is 1. The van der Waals surface area contributed by atoms with Crippen LogP contribution in [0.3, 0.4) is 0 Å². The van der Waals surface area contributed by atoms with Crippen LogP contribution in [-0.4, -0.2) is 0 Å². The van der Waals surface area contributed by atoms with Gasteiger partial charge in [0.15, 0.2) is 0 Å². The average molecular weight is 514 g/mol. The topological polar surface area (TPSA) is 16.4 Å². The van der Waals surface area contributed by atoms with Crippen LogP contribution in [-0.2, 0) is 0 Å². The van der Waals surface area contributed by atoms with Crippen molar-refractivity contribution >= 4 is 28.0 Å². The van der Waals surface area contributed by atoms with Gasteiger partial charge in [0.2, 0.25) is 0 Å². The van der Waals surface area contributed by atoms with E-state index in [2.05, 4.69) is 144 Å². The Bertz CT molecular complexity index is 1870. The summed E-state index contributed by atoms with van der Waals surface area (Å²) in [5.74, 6) is 0.877. The molecule has 1 aromatic heterocycles. The van der Waals surface area contributed by atoms with E-state index >= 15 is 0 Å². The molecule has 0 aliphatic carbocycles. The molecule has 0 radical (unpaired) electrons. The van der Waals surface area contributed by atoms with Crippen molar-refractivity contribution in [2.75, 3.05) is 4.90 Å². The molecule has 0 aliphatic rings. The number of hydrogen-bond acceptors (Lipinski definition) is 2. The van der Waals surface area contributed by atoms with E-state index in [9.17, 15) is 0 Å². The van der Waals surface area contributed by atoms with E-state index in [1.165, 1.54) is 11.1 Å². The number of furan rings is 1. The monoisotopic (exact) mass is 513 g/mol. The van der Waals surface area contributed by atoms with Crippen molar-refractivity contribution in [3.63, 3.8) is 0 Å². The van der Waals surface area contributed by atoms with Crippen molar-refractivity contribution in [1.82, 2.24) is 0 Å². The van der Waals surface area contributed by atoms with Gasteiger partial charge in [-0.3, -0.25) is 0 Å². The van der Waals surface area contributed by atoms with Crippen LogP contribution >= 0.6 is 0 Å². The molecule has 7 aromatic rings. The molecule has 0 amide bonds. The summed E-state index contributed by atoms with van der Waals surface area (Å²) in [7, 11) is 0. The number of benzene rings is 6. The number of para-hydroxylation sites is 2. The quantitative estimate of drug-likeness (QED) is 0.220. The Labute approximate surface area is 234 Å². The maximum Gasteiger partial charge on any atom is 0.143 e. The fourth-order valence-electron chi connectivity index (χ4n) is 5.38. The van der Waals surface area contributed by atoms with Gasteiger partial charge in [0.1, 0.15) is 11.3 Å². The highest BCUT2D eigenvalue weighted by molar-refractivity contribution is 6.02. The van der Waals surface area contributed by atoms with Crippen molar-refractivity contribution in [2.24, 2.45) is 0 Å². The van der Waals surface area contributed by atoms with Crippen molar-refractivity contribution in [2.45, 2.75) is 0 Å². The highest BCUT2D eigenvalue weighted by Crippen LogP contribution is 2.43. The van der Waals surface area contributed by atoms with Gasteiger partial charge in [-0.15, -0.1) is 0 Å². The highest BCUT2D eigenvalue weighted by atomic mass is 16.3. The fourth-order valence-corrected chi connectivity index (χ4v) is 5.38. The molecular weight excluding hydrogens is 486 g/mol. The summed E-state index contributed by atoms with van der Waals surface area (Å²) in [5, 5.41) is 1.12. The van der Waals surface area contributed by atoms with E-state index in [4.69, 9.17) is 4.42 Å². The maximum atomic E-state index is 6.53. The fraction of sp³-hybridized carbons (Fsp3) is 0. The van der Waals surface area contributed by atoms with Crippen LogP contribution in [0.25, 0.3) is 44.5 Å². The minimum Gasteiger partial charge on any atom is -0.455 e. The van der Waals surface area contributed by atoms with Crippen LogP contribution in [0.4, 0.5) is 17.1 Å². The predicted molar refractivity (Wildman–Crippen MR) is 167 cm³/mol. The Balaban J connectivity index is 1.36. The average Bonchev–Trinajstić information content (AvgIpc) is 3.43. The molecule has 0 spiro atoms. The van der Waals surface area contributed by atoms with Crippen LogP contribution in [0.15, 0.2) is 168 Å². The Morgan fingerprint density at radius 1 is 0.375 bits per heavy atom. The zero-order valence-electron chi connectivity index (χ0n) is 21.9. The number of anilines is 3. The van der Waals surface area contributed by atoms with Crippen LogP contribution in [0.5, 0.6) is 0 Å². The molecule has 40 heavy (non-hydrogen) atoms. The third-order valence-corrected chi connectivity index (χ3v) is 7.27. The summed E-state index contributed by atoms with van der Waals surface area (Å²) < 4.78 is 6.53. The molecule has 0 N–H and O–H groups in total. The summed E-state index contributed by atoms with van der Waals surface area (Å²) in [6, 6.07) is 57.2. The normalized spacial score (nSPS) is 11.0. The standard InChI is InChI=1S/C38H27NO/c1-4-13-28(14-5-1)29-23-25-33(26-24-29)39(32-18-8-3-9-19-32)34-20-12-17-31(27-34)38-37(30-15-6-2-7-16-30)35-21-10-11-22-36(35)40-38/h1-27H. The summed E-state index contributed by atoms with van der Waals surface area (Å²) in [5.41, 5.74) is 9.84. The molecule has 2 heteroatoms. The summed E-state index contributed by atoms with van der Waals surface area (Å²) in [6.07, 6.45) is 0. The predicted octanol–water partition coefficient (Wildman–Crippen LogP) is 10.9. The van der Waals surface area contributed by atoms with Gasteiger partial charge < -0.3 is 9.32 Å². The molecule has 1 heterocycles. The lowest BCUT2D eigenvalue weighted by atomic mass is 9.98. The van der Waals surface area contributed by atoms with Crippen molar-refractivity contribution in [3.8, 4) is 33.6 Å². The third kappa shape index (κ3) is 4.46. The van der Waals surface area contributed by atoms with Gasteiger partial charge >= 0.3 is 0 Å². The largest absolute Gasteiger partial charge is 0.455 e. The Kier molecular flexibility index (Phi) is 6.20. The molecule has 0 bridgehead atoms. The molecule has 0 aliphatic heterocycles.